The molecule has 3 aromatic carbocycles. The summed E-state index contributed by atoms with van der Waals surface area (Å²) in [5.41, 5.74) is 5.18. The first-order valence-corrected chi connectivity index (χ1v) is 10.8. The van der Waals surface area contributed by atoms with Gasteiger partial charge in [-0.1, -0.05) is 54.6 Å². The fraction of sp³-hybridized carbons (Fsp3) is 0.231. The van der Waals surface area contributed by atoms with Crippen molar-refractivity contribution in [2.75, 3.05) is 32.3 Å². The largest absolute Gasteiger partial charge is 0.508 e. The van der Waals surface area contributed by atoms with Gasteiger partial charge < -0.3 is 19.7 Å². The summed E-state index contributed by atoms with van der Waals surface area (Å²) in [4.78, 5) is 0. The monoisotopic (exact) mass is 438 g/mol. The Hall–Kier alpha value is -2.79. The van der Waals surface area contributed by atoms with E-state index >= 15 is 0 Å². The molecule has 0 saturated heterocycles. The van der Waals surface area contributed by atoms with E-state index in [1.165, 1.54) is 0 Å². The number of aliphatic hydroxyl groups is 1. The fourth-order valence-corrected chi connectivity index (χ4v) is 3.62. The number of aromatic hydroxyl groups is 1. The summed E-state index contributed by atoms with van der Waals surface area (Å²) in [7, 11) is 0. The molecule has 5 heteroatoms. The molecule has 2 N–H and O–H groups in total. The summed E-state index contributed by atoms with van der Waals surface area (Å²) in [6.45, 7) is 1.15. The van der Waals surface area contributed by atoms with Crippen molar-refractivity contribution in [1.29, 1.82) is 0 Å². The highest BCUT2D eigenvalue weighted by Gasteiger charge is 2.14. The van der Waals surface area contributed by atoms with Crippen molar-refractivity contribution in [3.63, 3.8) is 0 Å². The molecule has 3 aromatic rings. The zero-order valence-electron chi connectivity index (χ0n) is 17.3. The Kier molecular flexibility index (Phi) is 8.98. The third kappa shape index (κ3) is 6.59. The third-order valence-corrected chi connectivity index (χ3v) is 4.97. The number of alkyl halides is 1. The number of benzene rings is 3. The highest BCUT2D eigenvalue weighted by atomic mass is 35.5. The number of phenols is 1. The van der Waals surface area contributed by atoms with E-state index in [9.17, 15) is 5.11 Å². The first-order chi connectivity index (χ1) is 15.2. The topological polar surface area (TPSA) is 58.9 Å². The Bertz CT molecular complexity index is 968. The van der Waals surface area contributed by atoms with E-state index in [-0.39, 0.29) is 12.4 Å². The number of ether oxygens (including phenoxy) is 2. The number of halogens is 1. The van der Waals surface area contributed by atoms with Crippen molar-refractivity contribution in [3.05, 3.63) is 95.6 Å². The van der Waals surface area contributed by atoms with E-state index in [1.807, 2.05) is 54.6 Å². The van der Waals surface area contributed by atoms with Crippen molar-refractivity contribution >= 4 is 22.7 Å². The van der Waals surface area contributed by atoms with Gasteiger partial charge in [0.25, 0.3) is 0 Å². The van der Waals surface area contributed by atoms with Crippen LogP contribution in [0, 0.1) is 0 Å². The molecule has 0 fully saturated rings. The van der Waals surface area contributed by atoms with Gasteiger partial charge in [-0.25, -0.2) is 0 Å². The first-order valence-electron chi connectivity index (χ1n) is 10.3. The molecule has 0 aromatic heterocycles. The fourth-order valence-electron chi connectivity index (χ4n) is 3.43. The quantitative estimate of drug-likeness (QED) is 0.240. The number of rotatable bonds is 11. The maximum Gasteiger partial charge on any atom is 0.119 e. The van der Waals surface area contributed by atoms with Crippen LogP contribution in [0.25, 0.3) is 11.1 Å². The van der Waals surface area contributed by atoms with Crippen molar-refractivity contribution in [1.82, 2.24) is 0 Å². The lowest BCUT2D eigenvalue weighted by atomic mass is 9.88. The minimum Gasteiger partial charge on any atom is -0.508 e. The molecule has 0 heterocycles. The Morgan fingerprint density at radius 2 is 1.52 bits per heavy atom. The maximum absolute atomic E-state index is 10.1. The van der Waals surface area contributed by atoms with Crippen LogP contribution in [0.15, 0.2) is 78.9 Å². The average Bonchev–Trinajstić information content (AvgIpc) is 2.80. The first kappa shape index (κ1) is 22.9. The summed E-state index contributed by atoms with van der Waals surface area (Å²) in [5.74, 6) is 1.45. The molecule has 0 bridgehead atoms. The highest BCUT2D eigenvalue weighted by molar-refractivity contribution is 6.18. The SMILES string of the molecule is OCCOCCOc1ccc(/C(=C(/CCCl)c2ccccc2)c2cccc(O)c2)cc1. The van der Waals surface area contributed by atoms with Crippen molar-refractivity contribution < 1.29 is 19.7 Å². The summed E-state index contributed by atoms with van der Waals surface area (Å²) < 4.78 is 10.9. The van der Waals surface area contributed by atoms with Crippen LogP contribution >= 0.6 is 11.6 Å². The van der Waals surface area contributed by atoms with E-state index < -0.39 is 0 Å². The third-order valence-electron chi connectivity index (χ3n) is 4.78. The van der Waals surface area contributed by atoms with Crippen LogP contribution < -0.4 is 4.74 Å². The minimum atomic E-state index is 0.00486. The summed E-state index contributed by atoms with van der Waals surface area (Å²) in [6.07, 6.45) is 0.691. The van der Waals surface area contributed by atoms with Crippen LogP contribution in [0.1, 0.15) is 23.1 Å². The predicted molar refractivity (Wildman–Crippen MR) is 126 cm³/mol. The standard InChI is InChI=1S/C26H27ClO4/c27-14-13-25(20-5-2-1-3-6-20)26(22-7-4-8-23(29)19-22)21-9-11-24(12-10-21)31-18-17-30-16-15-28/h1-12,19,28-29H,13-18H2/b26-25+. The van der Waals surface area contributed by atoms with Gasteiger partial charge in [-0.2, -0.15) is 0 Å². The van der Waals surface area contributed by atoms with E-state index in [2.05, 4.69) is 12.1 Å². The average molecular weight is 439 g/mol. The van der Waals surface area contributed by atoms with Crippen molar-refractivity contribution in [2.24, 2.45) is 0 Å². The second-order valence-electron chi connectivity index (χ2n) is 6.92. The molecule has 4 nitrogen and oxygen atoms in total. The number of phenolic OH excluding ortho intramolecular Hbond substituents is 1. The molecule has 0 aliphatic heterocycles. The summed E-state index contributed by atoms with van der Waals surface area (Å²) in [5, 5.41) is 18.8. The van der Waals surface area contributed by atoms with Gasteiger partial charge in [-0.3, -0.25) is 0 Å². The number of hydrogen-bond donors (Lipinski definition) is 2. The van der Waals surface area contributed by atoms with Crippen LogP contribution in [0.4, 0.5) is 0 Å². The van der Waals surface area contributed by atoms with Gasteiger partial charge in [-0.15, -0.1) is 11.6 Å². The van der Waals surface area contributed by atoms with Crippen molar-refractivity contribution in [3.8, 4) is 11.5 Å². The molecule has 162 valence electrons. The van der Waals surface area contributed by atoms with Crippen LogP contribution in [0.3, 0.4) is 0 Å². The normalized spacial score (nSPS) is 11.8. The summed E-state index contributed by atoms with van der Waals surface area (Å²) in [6, 6.07) is 25.3. The molecule has 0 unspecified atom stereocenters. The molecule has 0 spiro atoms. The molecule has 3 rings (SSSR count). The molecule has 0 atom stereocenters. The maximum atomic E-state index is 10.1. The molecular formula is C26H27ClO4. The van der Waals surface area contributed by atoms with Gasteiger partial charge in [-0.05, 0) is 58.5 Å². The molecule has 0 radical (unpaired) electrons. The number of hydrogen-bond acceptors (Lipinski definition) is 4. The van der Waals surface area contributed by atoms with Gasteiger partial charge in [0.1, 0.15) is 18.1 Å². The van der Waals surface area contributed by atoms with E-state index in [4.69, 9.17) is 26.2 Å². The molecular weight excluding hydrogens is 412 g/mol. The minimum absolute atomic E-state index is 0.00486. The van der Waals surface area contributed by atoms with Gasteiger partial charge in [0, 0.05) is 5.88 Å². The second-order valence-corrected chi connectivity index (χ2v) is 7.30. The molecule has 0 saturated carbocycles. The molecule has 0 amide bonds. The van der Waals surface area contributed by atoms with Gasteiger partial charge in [0.15, 0.2) is 0 Å². The lowest BCUT2D eigenvalue weighted by Crippen LogP contribution is -2.09. The second kappa shape index (κ2) is 12.2. The predicted octanol–water partition coefficient (Wildman–Crippen LogP) is 5.37. The van der Waals surface area contributed by atoms with Crippen LogP contribution in [-0.4, -0.2) is 42.5 Å². The van der Waals surface area contributed by atoms with Crippen LogP contribution in [0.5, 0.6) is 11.5 Å². The van der Waals surface area contributed by atoms with E-state index in [1.54, 1.807) is 12.1 Å². The molecule has 0 aliphatic rings. The van der Waals surface area contributed by atoms with Gasteiger partial charge in [0.05, 0.1) is 19.8 Å². The Balaban J connectivity index is 1.97. The van der Waals surface area contributed by atoms with E-state index in [0.29, 0.717) is 32.1 Å². The Labute approximate surface area is 188 Å². The lowest BCUT2D eigenvalue weighted by molar-refractivity contribution is 0.0705. The number of allylic oxidation sites excluding steroid dienone is 1. The smallest absolute Gasteiger partial charge is 0.119 e. The zero-order chi connectivity index (χ0) is 21.9. The van der Waals surface area contributed by atoms with Crippen molar-refractivity contribution in [2.45, 2.75) is 6.42 Å². The van der Waals surface area contributed by atoms with Gasteiger partial charge >= 0.3 is 0 Å². The highest BCUT2D eigenvalue weighted by Crippen LogP contribution is 2.36. The van der Waals surface area contributed by atoms with Gasteiger partial charge in [0.2, 0.25) is 0 Å². The Morgan fingerprint density at radius 1 is 0.774 bits per heavy atom. The number of aliphatic hydroxyl groups excluding tert-OH is 1. The lowest BCUT2D eigenvalue weighted by Gasteiger charge is -2.17. The summed E-state index contributed by atoms with van der Waals surface area (Å²) >= 11 is 6.18. The zero-order valence-corrected chi connectivity index (χ0v) is 18.1. The van der Waals surface area contributed by atoms with Crippen LogP contribution in [0.2, 0.25) is 0 Å². The molecule has 31 heavy (non-hydrogen) atoms. The molecule has 0 aliphatic carbocycles. The Morgan fingerprint density at radius 3 is 2.19 bits per heavy atom. The van der Waals surface area contributed by atoms with E-state index in [0.717, 1.165) is 33.6 Å². The van der Waals surface area contributed by atoms with Crippen LogP contribution in [-0.2, 0) is 4.74 Å².